The second-order valence-electron chi connectivity index (χ2n) is 7.37. The maximum atomic E-state index is 5.78. The largest absolute Gasteiger partial charge is 0.492 e. The molecule has 9 heteroatoms. The third kappa shape index (κ3) is 3.70. The molecule has 0 radical (unpaired) electrons. The molecule has 4 aromatic rings. The number of hydrogen-bond donors (Lipinski definition) is 1. The molecule has 156 valence electrons. The van der Waals surface area contributed by atoms with Gasteiger partial charge in [0.25, 0.3) is 0 Å². The van der Waals surface area contributed by atoms with Crippen LogP contribution in [0.5, 0.6) is 5.75 Å². The summed E-state index contributed by atoms with van der Waals surface area (Å²) in [6.07, 6.45) is 5.16. The first kappa shape index (κ1) is 19.8. The van der Waals surface area contributed by atoms with Crippen LogP contribution in [0, 0.1) is 6.92 Å². The van der Waals surface area contributed by atoms with Gasteiger partial charge in [0.2, 0.25) is 0 Å². The summed E-state index contributed by atoms with van der Waals surface area (Å²) in [7, 11) is 1.86. The molecule has 30 heavy (non-hydrogen) atoms. The number of ether oxygens (including phenoxy) is 1. The lowest BCUT2D eigenvalue weighted by Gasteiger charge is -2.14. The lowest BCUT2D eigenvalue weighted by atomic mass is 10.1. The molecule has 0 fully saturated rings. The molecule has 9 nitrogen and oxygen atoms in total. The van der Waals surface area contributed by atoms with E-state index in [1.165, 1.54) is 0 Å². The number of fused-ring (bicyclic) bond motifs is 1. The molecule has 4 heterocycles. The molecule has 0 bridgehead atoms. The van der Waals surface area contributed by atoms with Gasteiger partial charge in [0, 0.05) is 24.8 Å². The molecule has 1 N–H and O–H groups in total. The van der Waals surface area contributed by atoms with Gasteiger partial charge in [0.1, 0.15) is 23.1 Å². The van der Waals surface area contributed by atoms with Crippen molar-refractivity contribution >= 4 is 16.7 Å². The SMILES string of the molecule is CCOc1cnccc1-c1cc(NCc2ncn(C)n2)c2c(n1)c(C)nn2C(C)C. The molecule has 0 aromatic carbocycles. The summed E-state index contributed by atoms with van der Waals surface area (Å²) in [5.74, 6) is 1.42. The first-order valence-corrected chi connectivity index (χ1v) is 10.0. The lowest BCUT2D eigenvalue weighted by Crippen LogP contribution is -2.08. The summed E-state index contributed by atoms with van der Waals surface area (Å²) in [5.41, 5.74) is 5.33. The van der Waals surface area contributed by atoms with Crippen molar-refractivity contribution < 1.29 is 4.74 Å². The predicted octanol–water partition coefficient (Wildman–Crippen LogP) is 3.52. The molecule has 0 atom stereocenters. The van der Waals surface area contributed by atoms with Gasteiger partial charge in [-0.2, -0.15) is 10.2 Å². The molecule has 0 aliphatic heterocycles. The summed E-state index contributed by atoms with van der Waals surface area (Å²) < 4.78 is 9.48. The van der Waals surface area contributed by atoms with Crippen molar-refractivity contribution in [2.24, 2.45) is 7.05 Å². The summed E-state index contributed by atoms with van der Waals surface area (Å²) in [6, 6.07) is 4.15. The van der Waals surface area contributed by atoms with Crippen LogP contribution in [-0.4, -0.2) is 41.1 Å². The van der Waals surface area contributed by atoms with Crippen LogP contribution in [0.3, 0.4) is 0 Å². The van der Waals surface area contributed by atoms with E-state index in [0.29, 0.717) is 18.9 Å². The van der Waals surface area contributed by atoms with Crippen LogP contribution in [0.15, 0.2) is 30.9 Å². The topological polar surface area (TPSA) is 95.6 Å². The third-order valence-electron chi connectivity index (χ3n) is 4.76. The van der Waals surface area contributed by atoms with Crippen molar-refractivity contribution in [3.8, 4) is 17.0 Å². The molecule has 4 rings (SSSR count). The molecule has 0 saturated carbocycles. The third-order valence-corrected chi connectivity index (χ3v) is 4.76. The fourth-order valence-corrected chi connectivity index (χ4v) is 3.43. The Bertz CT molecular complexity index is 1180. The minimum Gasteiger partial charge on any atom is -0.492 e. The van der Waals surface area contributed by atoms with Gasteiger partial charge in [-0.15, -0.1) is 0 Å². The van der Waals surface area contributed by atoms with E-state index in [0.717, 1.165) is 39.5 Å². The molecular weight excluding hydrogens is 380 g/mol. The monoisotopic (exact) mass is 406 g/mol. The number of rotatable bonds is 7. The van der Waals surface area contributed by atoms with Crippen LogP contribution in [-0.2, 0) is 13.6 Å². The van der Waals surface area contributed by atoms with E-state index in [1.807, 2.05) is 37.7 Å². The van der Waals surface area contributed by atoms with Crippen molar-refractivity contribution in [3.63, 3.8) is 0 Å². The quantitative estimate of drug-likeness (QED) is 0.502. The van der Waals surface area contributed by atoms with Crippen LogP contribution in [0.1, 0.15) is 38.3 Å². The minimum atomic E-state index is 0.197. The fraction of sp³-hybridized carbons (Fsp3) is 0.381. The Morgan fingerprint density at radius 1 is 1.23 bits per heavy atom. The van der Waals surface area contributed by atoms with Crippen molar-refractivity contribution in [1.29, 1.82) is 0 Å². The maximum Gasteiger partial charge on any atom is 0.169 e. The van der Waals surface area contributed by atoms with E-state index in [9.17, 15) is 0 Å². The van der Waals surface area contributed by atoms with Gasteiger partial charge in [-0.1, -0.05) is 0 Å². The van der Waals surface area contributed by atoms with Gasteiger partial charge in [-0.25, -0.2) is 9.97 Å². The minimum absolute atomic E-state index is 0.197. The van der Waals surface area contributed by atoms with Crippen LogP contribution in [0.4, 0.5) is 5.69 Å². The molecule has 0 aliphatic carbocycles. The summed E-state index contributed by atoms with van der Waals surface area (Å²) in [4.78, 5) is 13.5. The Morgan fingerprint density at radius 3 is 2.77 bits per heavy atom. The number of aromatic nitrogens is 7. The number of nitrogens with zero attached hydrogens (tertiary/aromatic N) is 7. The fourth-order valence-electron chi connectivity index (χ4n) is 3.43. The second kappa shape index (κ2) is 8.10. The van der Waals surface area contributed by atoms with Crippen molar-refractivity contribution in [2.45, 2.75) is 40.3 Å². The number of pyridine rings is 2. The van der Waals surface area contributed by atoms with Gasteiger partial charge >= 0.3 is 0 Å². The Kier molecular flexibility index (Phi) is 5.35. The standard InChI is InChI=1S/C21H26N8O/c1-6-30-18-10-22-8-7-15(18)16-9-17(23-11-19-24-12-28(5)27-19)21-20(25-16)14(4)26-29(21)13(2)3/h7-10,12-13H,6,11H2,1-5H3,(H,23,25). The first-order valence-electron chi connectivity index (χ1n) is 10.0. The van der Waals surface area contributed by atoms with E-state index in [-0.39, 0.29) is 6.04 Å². The highest BCUT2D eigenvalue weighted by Gasteiger charge is 2.19. The number of nitrogens with one attached hydrogen (secondary N) is 1. The number of hydrogen-bond acceptors (Lipinski definition) is 7. The average Bonchev–Trinajstić information content (AvgIpc) is 3.30. The van der Waals surface area contributed by atoms with Crippen LogP contribution >= 0.6 is 0 Å². The van der Waals surface area contributed by atoms with Crippen LogP contribution in [0.2, 0.25) is 0 Å². The molecule has 0 unspecified atom stereocenters. The summed E-state index contributed by atoms with van der Waals surface area (Å²) >= 11 is 0. The van der Waals surface area contributed by atoms with Gasteiger partial charge in [-0.3, -0.25) is 14.3 Å². The molecule has 4 aromatic heterocycles. The van der Waals surface area contributed by atoms with E-state index in [1.54, 1.807) is 23.4 Å². The van der Waals surface area contributed by atoms with Crippen molar-refractivity contribution in [1.82, 2.24) is 34.5 Å². The Morgan fingerprint density at radius 2 is 2.07 bits per heavy atom. The molecule has 0 aliphatic rings. The highest BCUT2D eigenvalue weighted by atomic mass is 16.5. The number of aryl methyl sites for hydroxylation is 2. The van der Waals surface area contributed by atoms with Gasteiger partial charge < -0.3 is 10.1 Å². The van der Waals surface area contributed by atoms with Gasteiger partial charge in [-0.05, 0) is 39.8 Å². The number of anilines is 1. The zero-order valence-electron chi connectivity index (χ0n) is 17.9. The molecule has 0 saturated heterocycles. The van der Waals surface area contributed by atoms with Gasteiger partial charge in [0.05, 0.1) is 36.4 Å². The summed E-state index contributed by atoms with van der Waals surface area (Å²) in [5, 5.41) is 12.6. The molecule has 0 spiro atoms. The zero-order chi connectivity index (χ0) is 21.3. The Balaban J connectivity index is 1.86. The van der Waals surface area contributed by atoms with E-state index in [4.69, 9.17) is 14.8 Å². The van der Waals surface area contributed by atoms with Crippen molar-refractivity contribution in [3.05, 3.63) is 42.4 Å². The first-order chi connectivity index (χ1) is 14.5. The second-order valence-corrected chi connectivity index (χ2v) is 7.37. The van der Waals surface area contributed by atoms with Crippen LogP contribution in [0.25, 0.3) is 22.3 Å². The normalized spacial score (nSPS) is 11.4. The summed E-state index contributed by atoms with van der Waals surface area (Å²) in [6.45, 7) is 9.22. The Labute approximate surface area is 175 Å². The smallest absolute Gasteiger partial charge is 0.169 e. The maximum absolute atomic E-state index is 5.78. The highest BCUT2D eigenvalue weighted by Crippen LogP contribution is 2.35. The van der Waals surface area contributed by atoms with Crippen molar-refractivity contribution in [2.75, 3.05) is 11.9 Å². The lowest BCUT2D eigenvalue weighted by molar-refractivity contribution is 0.340. The van der Waals surface area contributed by atoms with E-state index >= 15 is 0 Å². The predicted molar refractivity (Wildman–Crippen MR) is 115 cm³/mol. The average molecular weight is 406 g/mol. The Hall–Kier alpha value is -3.49. The van der Waals surface area contributed by atoms with E-state index < -0.39 is 0 Å². The van der Waals surface area contributed by atoms with E-state index in [2.05, 4.69) is 34.2 Å². The van der Waals surface area contributed by atoms with Crippen LogP contribution < -0.4 is 10.1 Å². The highest BCUT2D eigenvalue weighted by molar-refractivity contribution is 5.93. The zero-order valence-corrected chi connectivity index (χ0v) is 17.9. The molecular formula is C21H26N8O. The molecule has 0 amide bonds. The van der Waals surface area contributed by atoms with Gasteiger partial charge in [0.15, 0.2) is 5.82 Å².